The quantitative estimate of drug-likeness (QED) is 0.792. The summed E-state index contributed by atoms with van der Waals surface area (Å²) in [5.74, 6) is 0.666. The summed E-state index contributed by atoms with van der Waals surface area (Å²) >= 11 is 1.41. The van der Waals surface area contributed by atoms with E-state index in [0.717, 1.165) is 5.69 Å². The van der Waals surface area contributed by atoms with Crippen molar-refractivity contribution in [3.8, 4) is 0 Å². The van der Waals surface area contributed by atoms with Gasteiger partial charge in [0.1, 0.15) is 0 Å². The Morgan fingerprint density at radius 2 is 2.44 bits per heavy atom. The van der Waals surface area contributed by atoms with E-state index in [0.29, 0.717) is 18.7 Å². The Morgan fingerprint density at radius 1 is 1.61 bits per heavy atom. The van der Waals surface area contributed by atoms with Gasteiger partial charge in [-0.15, -0.1) is 11.8 Å². The number of hydrogen-bond donors (Lipinski definition) is 2. The van der Waals surface area contributed by atoms with Crippen LogP contribution in [0.1, 0.15) is 12.1 Å². The number of nitrogens with one attached hydrogen (secondary N) is 2. The normalized spacial score (nSPS) is 21.9. The second-order valence-electron chi connectivity index (χ2n) is 4.19. The first-order valence-electron chi connectivity index (χ1n) is 5.62. The Kier molecular flexibility index (Phi) is 4.28. The number of aromatic nitrogens is 2. The lowest BCUT2D eigenvalue weighted by atomic mass is 10.4. The molecule has 1 saturated heterocycles. The molecule has 2 heterocycles. The van der Waals surface area contributed by atoms with Crippen LogP contribution in [0.5, 0.6) is 0 Å². The molecule has 0 aromatic carbocycles. The summed E-state index contributed by atoms with van der Waals surface area (Å²) in [7, 11) is -2.86. The van der Waals surface area contributed by atoms with E-state index in [1.165, 1.54) is 11.8 Å². The first-order chi connectivity index (χ1) is 8.55. The molecule has 1 unspecified atom stereocenters. The van der Waals surface area contributed by atoms with Crippen LogP contribution in [0.3, 0.4) is 0 Å². The first-order valence-corrected chi connectivity index (χ1v) is 8.49. The molecule has 0 saturated carbocycles. The largest absolute Gasteiger partial charge is 0.350 e. The van der Waals surface area contributed by atoms with Crippen molar-refractivity contribution in [1.82, 2.24) is 15.5 Å². The maximum Gasteiger partial charge on any atom is 0.230 e. The van der Waals surface area contributed by atoms with Gasteiger partial charge in [0.15, 0.2) is 9.84 Å². The minimum absolute atomic E-state index is 0.0629. The molecule has 1 atom stereocenters. The average Bonchev–Trinajstić information content (AvgIpc) is 2.93. The minimum Gasteiger partial charge on any atom is -0.350 e. The molecule has 8 heteroatoms. The first kappa shape index (κ1) is 13.4. The molecule has 1 aliphatic rings. The van der Waals surface area contributed by atoms with Crippen LogP contribution in [-0.2, 0) is 21.2 Å². The van der Waals surface area contributed by atoms with E-state index < -0.39 is 9.84 Å². The summed E-state index contributed by atoms with van der Waals surface area (Å²) in [5.41, 5.74) is 0.844. The van der Waals surface area contributed by atoms with Crippen LogP contribution in [0.25, 0.3) is 0 Å². The highest BCUT2D eigenvalue weighted by atomic mass is 32.2. The number of thioether (sulfide) groups is 1. The summed E-state index contributed by atoms with van der Waals surface area (Å²) in [5, 5.41) is 9.34. The fourth-order valence-electron chi connectivity index (χ4n) is 1.71. The van der Waals surface area contributed by atoms with Crippen LogP contribution >= 0.6 is 11.8 Å². The zero-order chi connectivity index (χ0) is 13.0. The standard InChI is InChI=1S/C10H15N3O3S2/c14-10(11-5-8-1-3-12-13-8)6-17-9-2-4-18(15,16)7-9/h1,3,9H,2,4-7H2,(H,11,14)(H,12,13). The van der Waals surface area contributed by atoms with E-state index >= 15 is 0 Å². The fourth-order valence-corrected chi connectivity index (χ4v) is 5.19. The number of sulfone groups is 1. The number of carbonyl (C=O) groups is 1. The predicted molar refractivity (Wildman–Crippen MR) is 70.0 cm³/mol. The van der Waals surface area contributed by atoms with Crippen LogP contribution < -0.4 is 5.32 Å². The maximum absolute atomic E-state index is 11.5. The number of aromatic amines is 1. The molecule has 0 radical (unpaired) electrons. The third-order valence-corrected chi connectivity index (χ3v) is 5.96. The second-order valence-corrected chi connectivity index (χ2v) is 7.71. The summed E-state index contributed by atoms with van der Waals surface area (Å²) in [6.45, 7) is 0.419. The molecule has 1 amide bonds. The van der Waals surface area contributed by atoms with Gasteiger partial charge in [-0.25, -0.2) is 8.42 Å². The number of nitrogens with zero attached hydrogens (tertiary/aromatic N) is 1. The van der Waals surface area contributed by atoms with Gasteiger partial charge in [-0.1, -0.05) is 0 Å². The van der Waals surface area contributed by atoms with Crippen LogP contribution in [0.4, 0.5) is 0 Å². The number of hydrogen-bond acceptors (Lipinski definition) is 5. The third kappa shape index (κ3) is 4.02. The number of H-pyrrole nitrogens is 1. The molecule has 0 spiro atoms. The van der Waals surface area contributed by atoms with Gasteiger partial charge >= 0.3 is 0 Å². The summed E-state index contributed by atoms with van der Waals surface area (Å²) in [4.78, 5) is 11.5. The molecule has 18 heavy (non-hydrogen) atoms. The molecule has 100 valence electrons. The molecule has 0 bridgehead atoms. The molecule has 1 aromatic rings. The number of carbonyl (C=O) groups excluding carboxylic acids is 1. The van der Waals surface area contributed by atoms with Gasteiger partial charge in [-0.3, -0.25) is 9.89 Å². The highest BCUT2D eigenvalue weighted by Gasteiger charge is 2.28. The van der Waals surface area contributed by atoms with E-state index in [4.69, 9.17) is 0 Å². The van der Waals surface area contributed by atoms with E-state index in [2.05, 4.69) is 15.5 Å². The Morgan fingerprint density at radius 3 is 3.06 bits per heavy atom. The average molecular weight is 289 g/mol. The maximum atomic E-state index is 11.5. The van der Waals surface area contributed by atoms with Crippen molar-refractivity contribution in [2.24, 2.45) is 0 Å². The molecule has 0 aliphatic carbocycles. The SMILES string of the molecule is O=C(CSC1CCS(=O)(=O)C1)NCc1ccn[nH]1. The Labute approximate surface area is 110 Å². The zero-order valence-corrected chi connectivity index (χ0v) is 11.4. The van der Waals surface area contributed by atoms with Gasteiger partial charge in [-0.05, 0) is 12.5 Å². The molecular formula is C10H15N3O3S2. The lowest BCUT2D eigenvalue weighted by Gasteiger charge is -2.07. The molecular weight excluding hydrogens is 274 g/mol. The van der Waals surface area contributed by atoms with Gasteiger partial charge in [0.2, 0.25) is 5.91 Å². The molecule has 2 rings (SSSR count). The molecule has 2 N–H and O–H groups in total. The lowest BCUT2D eigenvalue weighted by molar-refractivity contribution is -0.118. The zero-order valence-electron chi connectivity index (χ0n) is 9.76. The highest BCUT2D eigenvalue weighted by Crippen LogP contribution is 2.23. The van der Waals surface area contributed by atoms with Crippen LogP contribution in [0.15, 0.2) is 12.3 Å². The van der Waals surface area contributed by atoms with Crippen molar-refractivity contribution in [3.05, 3.63) is 18.0 Å². The van der Waals surface area contributed by atoms with Crippen LogP contribution in [0, 0.1) is 0 Å². The highest BCUT2D eigenvalue weighted by molar-refractivity contribution is 8.02. The molecule has 1 aromatic heterocycles. The van der Waals surface area contributed by atoms with E-state index in [-0.39, 0.29) is 22.7 Å². The molecule has 1 fully saturated rings. The van der Waals surface area contributed by atoms with Gasteiger partial charge in [0.05, 0.1) is 29.5 Å². The van der Waals surface area contributed by atoms with Gasteiger partial charge in [0.25, 0.3) is 0 Å². The van der Waals surface area contributed by atoms with Gasteiger partial charge in [0, 0.05) is 11.4 Å². The van der Waals surface area contributed by atoms with Crippen LogP contribution in [-0.4, -0.2) is 47.0 Å². The predicted octanol–water partition coefficient (Wildman–Crippen LogP) is -0.0538. The van der Waals surface area contributed by atoms with Crippen molar-refractivity contribution in [2.45, 2.75) is 18.2 Å². The smallest absolute Gasteiger partial charge is 0.230 e. The Hall–Kier alpha value is -1.02. The van der Waals surface area contributed by atoms with E-state index in [9.17, 15) is 13.2 Å². The molecule has 6 nitrogen and oxygen atoms in total. The van der Waals surface area contributed by atoms with Gasteiger partial charge < -0.3 is 5.32 Å². The second kappa shape index (κ2) is 5.75. The van der Waals surface area contributed by atoms with E-state index in [1.807, 2.05) is 0 Å². The summed E-state index contributed by atoms with van der Waals surface area (Å²) in [6.07, 6.45) is 2.28. The van der Waals surface area contributed by atoms with Gasteiger partial charge in [-0.2, -0.15) is 5.10 Å². The van der Waals surface area contributed by atoms with Crippen molar-refractivity contribution < 1.29 is 13.2 Å². The monoisotopic (exact) mass is 289 g/mol. The Bertz CT molecular complexity index is 498. The van der Waals surface area contributed by atoms with Crippen molar-refractivity contribution in [2.75, 3.05) is 17.3 Å². The van der Waals surface area contributed by atoms with Crippen molar-refractivity contribution in [1.29, 1.82) is 0 Å². The van der Waals surface area contributed by atoms with Crippen molar-refractivity contribution in [3.63, 3.8) is 0 Å². The summed E-state index contributed by atoms with van der Waals surface area (Å²) in [6, 6.07) is 1.79. The topological polar surface area (TPSA) is 91.9 Å². The lowest BCUT2D eigenvalue weighted by Crippen LogP contribution is -2.25. The summed E-state index contributed by atoms with van der Waals surface area (Å²) < 4.78 is 22.5. The minimum atomic E-state index is -2.86. The number of rotatable bonds is 5. The van der Waals surface area contributed by atoms with Crippen LogP contribution in [0.2, 0.25) is 0 Å². The molecule has 1 aliphatic heterocycles. The van der Waals surface area contributed by atoms with E-state index in [1.54, 1.807) is 12.3 Å². The Balaban J connectivity index is 1.66. The fraction of sp³-hybridized carbons (Fsp3) is 0.600. The third-order valence-electron chi connectivity index (χ3n) is 2.68. The van der Waals surface area contributed by atoms with Crippen molar-refractivity contribution >= 4 is 27.5 Å². The number of amides is 1.